The van der Waals surface area contributed by atoms with Gasteiger partial charge >= 0.3 is 0 Å². The molecule has 22 heavy (non-hydrogen) atoms. The summed E-state index contributed by atoms with van der Waals surface area (Å²) in [5, 5.41) is 2.83. The van der Waals surface area contributed by atoms with Crippen LogP contribution < -0.4 is 16.8 Å². The maximum absolute atomic E-state index is 12.3. The largest absolute Gasteiger partial charge is 0.368 e. The summed E-state index contributed by atoms with van der Waals surface area (Å²) in [7, 11) is 0. The third kappa shape index (κ3) is 4.08. The zero-order valence-electron chi connectivity index (χ0n) is 12.6. The van der Waals surface area contributed by atoms with Crippen molar-refractivity contribution in [3.8, 4) is 0 Å². The fraction of sp³-hybridized carbons (Fsp3) is 0.286. The van der Waals surface area contributed by atoms with Crippen molar-refractivity contribution in [2.45, 2.75) is 31.2 Å². The summed E-state index contributed by atoms with van der Waals surface area (Å²) in [6.07, 6.45) is 0. The van der Waals surface area contributed by atoms with E-state index in [-0.39, 0.29) is 17.8 Å². The molecule has 0 saturated heterocycles. The second-order valence-corrected chi connectivity index (χ2v) is 6.21. The molecule has 1 amide bonds. The Morgan fingerprint density at radius 2 is 1.82 bits per heavy atom. The second-order valence-electron chi connectivity index (χ2n) is 4.90. The highest BCUT2D eigenvalue weighted by Crippen LogP contribution is 2.23. The molecule has 0 radical (unpaired) electrons. The summed E-state index contributed by atoms with van der Waals surface area (Å²) in [5.74, 6) is -0.0643. The van der Waals surface area contributed by atoms with E-state index in [0.717, 1.165) is 16.8 Å². The summed E-state index contributed by atoms with van der Waals surface area (Å²) >= 11 is 1.18. The van der Waals surface area contributed by atoms with Gasteiger partial charge in [0.1, 0.15) is 0 Å². The first kappa shape index (κ1) is 16.0. The minimum Gasteiger partial charge on any atom is -0.368 e. The van der Waals surface area contributed by atoms with Crippen LogP contribution in [0.1, 0.15) is 18.1 Å². The van der Waals surface area contributed by atoms with E-state index in [1.807, 2.05) is 32.0 Å². The Bertz CT molecular complexity index is 685. The molecule has 1 aromatic carbocycles. The molecule has 1 aromatic heterocycles. The van der Waals surface area contributed by atoms with Gasteiger partial charge in [0.05, 0.1) is 5.25 Å². The van der Waals surface area contributed by atoms with Gasteiger partial charge < -0.3 is 16.8 Å². The van der Waals surface area contributed by atoms with Crippen LogP contribution in [-0.2, 0) is 4.79 Å². The molecule has 0 aliphatic heterocycles. The van der Waals surface area contributed by atoms with Gasteiger partial charge in [-0.3, -0.25) is 4.79 Å². The van der Waals surface area contributed by atoms with Gasteiger partial charge in [-0.05, 0) is 38.0 Å². The molecule has 0 saturated carbocycles. The molecule has 0 bridgehead atoms. The van der Waals surface area contributed by atoms with Crippen LogP contribution in [0.2, 0.25) is 0 Å². The van der Waals surface area contributed by atoms with Crippen LogP contribution >= 0.6 is 11.8 Å². The second kappa shape index (κ2) is 6.61. The van der Waals surface area contributed by atoms with Crippen LogP contribution in [0.15, 0.2) is 23.4 Å². The van der Waals surface area contributed by atoms with Crippen molar-refractivity contribution < 1.29 is 4.79 Å². The molecule has 0 aliphatic carbocycles. The number of rotatable bonds is 4. The van der Waals surface area contributed by atoms with Gasteiger partial charge in [-0.15, -0.1) is 0 Å². The number of benzene rings is 1. The zero-order valence-corrected chi connectivity index (χ0v) is 13.4. The minimum atomic E-state index is -0.402. The first-order valence-electron chi connectivity index (χ1n) is 6.67. The summed E-state index contributed by atoms with van der Waals surface area (Å²) in [4.78, 5) is 23.9. The lowest BCUT2D eigenvalue weighted by molar-refractivity contribution is -0.115. The monoisotopic (exact) mass is 318 g/mol. The SMILES string of the molecule is Cc1ccc(C)c(NC(=O)[C@H](C)Sc2nc(N)nc(N)n2)c1. The fourth-order valence-corrected chi connectivity index (χ4v) is 2.53. The summed E-state index contributed by atoms with van der Waals surface area (Å²) in [6, 6.07) is 5.90. The maximum Gasteiger partial charge on any atom is 0.237 e. The Morgan fingerprint density at radius 3 is 2.45 bits per heavy atom. The summed E-state index contributed by atoms with van der Waals surface area (Å²) < 4.78 is 0. The number of hydrogen-bond acceptors (Lipinski definition) is 7. The first-order chi connectivity index (χ1) is 10.3. The Balaban J connectivity index is 2.07. The van der Waals surface area contributed by atoms with Crippen molar-refractivity contribution in [2.75, 3.05) is 16.8 Å². The summed E-state index contributed by atoms with van der Waals surface area (Å²) in [6.45, 7) is 5.69. The molecule has 8 heteroatoms. The number of nitrogens with zero attached hydrogens (tertiary/aromatic N) is 3. The van der Waals surface area contributed by atoms with Gasteiger partial charge in [0, 0.05) is 5.69 Å². The number of nitrogens with two attached hydrogens (primary N) is 2. The van der Waals surface area contributed by atoms with Gasteiger partial charge in [-0.2, -0.15) is 15.0 Å². The molecule has 7 nitrogen and oxygen atoms in total. The van der Waals surface area contributed by atoms with E-state index >= 15 is 0 Å². The first-order valence-corrected chi connectivity index (χ1v) is 7.55. The van der Waals surface area contributed by atoms with Crippen LogP contribution in [0.25, 0.3) is 0 Å². The highest BCUT2D eigenvalue weighted by molar-refractivity contribution is 8.00. The maximum atomic E-state index is 12.3. The van der Waals surface area contributed by atoms with Crippen LogP contribution in [0.3, 0.4) is 0 Å². The van der Waals surface area contributed by atoms with Gasteiger partial charge in [0.15, 0.2) is 5.16 Å². The third-order valence-corrected chi connectivity index (χ3v) is 3.91. The Morgan fingerprint density at radius 1 is 1.18 bits per heavy atom. The summed E-state index contributed by atoms with van der Waals surface area (Å²) in [5.41, 5.74) is 13.9. The normalized spacial score (nSPS) is 12.0. The van der Waals surface area contributed by atoms with Gasteiger partial charge in [-0.25, -0.2) is 0 Å². The molecule has 2 aromatic rings. The quantitative estimate of drug-likeness (QED) is 0.735. The lowest BCUT2D eigenvalue weighted by Crippen LogP contribution is -2.23. The lowest BCUT2D eigenvalue weighted by Gasteiger charge is -2.13. The smallest absolute Gasteiger partial charge is 0.237 e. The number of nitrogens with one attached hydrogen (secondary N) is 1. The zero-order chi connectivity index (χ0) is 16.3. The molecular weight excluding hydrogens is 300 g/mol. The molecule has 5 N–H and O–H groups in total. The standard InChI is InChI=1S/C14H18N6OS/c1-7-4-5-8(2)10(6-7)17-11(21)9(3)22-14-19-12(15)18-13(16)20-14/h4-6,9H,1-3H3,(H,17,21)(H4,15,16,18,19,20)/t9-/m0/s1. The van der Waals surface area contributed by atoms with Crippen LogP contribution in [0.4, 0.5) is 17.6 Å². The number of amides is 1. The molecule has 1 atom stereocenters. The van der Waals surface area contributed by atoms with Crippen molar-refractivity contribution in [1.82, 2.24) is 15.0 Å². The van der Waals surface area contributed by atoms with Crippen molar-refractivity contribution in [1.29, 1.82) is 0 Å². The van der Waals surface area contributed by atoms with Crippen LogP contribution in [-0.4, -0.2) is 26.1 Å². The molecule has 2 rings (SSSR count). The number of aromatic nitrogens is 3. The van der Waals surface area contributed by atoms with E-state index in [4.69, 9.17) is 11.5 Å². The highest BCUT2D eigenvalue weighted by atomic mass is 32.2. The molecule has 0 unspecified atom stereocenters. The van der Waals surface area contributed by atoms with E-state index in [9.17, 15) is 4.79 Å². The van der Waals surface area contributed by atoms with E-state index < -0.39 is 5.25 Å². The topological polar surface area (TPSA) is 120 Å². The van der Waals surface area contributed by atoms with Crippen molar-refractivity contribution in [3.63, 3.8) is 0 Å². The van der Waals surface area contributed by atoms with Crippen molar-refractivity contribution in [3.05, 3.63) is 29.3 Å². The highest BCUT2D eigenvalue weighted by Gasteiger charge is 2.17. The number of hydrogen-bond donors (Lipinski definition) is 3. The van der Waals surface area contributed by atoms with Crippen molar-refractivity contribution >= 4 is 35.3 Å². The number of anilines is 3. The van der Waals surface area contributed by atoms with Gasteiger partial charge in [0.2, 0.25) is 17.8 Å². The average Bonchev–Trinajstić information content (AvgIpc) is 2.41. The third-order valence-electron chi connectivity index (χ3n) is 2.95. The number of carbonyl (C=O) groups excluding carboxylic acids is 1. The minimum absolute atomic E-state index is 0.0390. The predicted molar refractivity (Wildman–Crippen MR) is 88.5 cm³/mol. The van der Waals surface area contributed by atoms with E-state index in [1.54, 1.807) is 6.92 Å². The van der Waals surface area contributed by atoms with Gasteiger partial charge in [-0.1, -0.05) is 23.9 Å². The number of thioether (sulfide) groups is 1. The Labute approximate surface area is 132 Å². The molecule has 1 heterocycles. The average molecular weight is 318 g/mol. The Kier molecular flexibility index (Phi) is 4.81. The fourth-order valence-electron chi connectivity index (χ4n) is 1.76. The molecule has 116 valence electrons. The van der Waals surface area contributed by atoms with Crippen LogP contribution in [0.5, 0.6) is 0 Å². The number of carbonyl (C=O) groups is 1. The van der Waals surface area contributed by atoms with Crippen molar-refractivity contribution in [2.24, 2.45) is 0 Å². The molecule has 0 fully saturated rings. The number of nitrogen functional groups attached to an aromatic ring is 2. The molecular formula is C14H18N6OS. The van der Waals surface area contributed by atoms with E-state index in [1.165, 1.54) is 11.8 Å². The van der Waals surface area contributed by atoms with Crippen LogP contribution in [0, 0.1) is 13.8 Å². The molecule has 0 aliphatic rings. The lowest BCUT2D eigenvalue weighted by atomic mass is 10.1. The predicted octanol–water partition coefficient (Wildman–Crippen LogP) is 1.77. The van der Waals surface area contributed by atoms with E-state index in [2.05, 4.69) is 20.3 Å². The molecule has 0 spiro atoms. The van der Waals surface area contributed by atoms with E-state index in [0.29, 0.717) is 5.16 Å². The number of aryl methyl sites for hydroxylation is 2. The van der Waals surface area contributed by atoms with Gasteiger partial charge in [0.25, 0.3) is 0 Å². The Hall–Kier alpha value is -2.35.